The van der Waals surface area contributed by atoms with E-state index in [0.717, 1.165) is 25.7 Å². The Morgan fingerprint density at radius 1 is 1.42 bits per heavy atom. The van der Waals surface area contributed by atoms with E-state index >= 15 is 0 Å². The molecule has 1 aliphatic carbocycles. The van der Waals surface area contributed by atoms with E-state index in [9.17, 15) is 9.18 Å². The fraction of sp³-hybridized carbons (Fsp3) is 0.400. The van der Waals surface area contributed by atoms with Gasteiger partial charge in [0.2, 0.25) is 0 Å². The average Bonchev–Trinajstić information content (AvgIpc) is 2.89. The molecule has 1 saturated carbocycles. The number of hydrogen-bond donors (Lipinski definition) is 1. The highest BCUT2D eigenvalue weighted by Crippen LogP contribution is 2.40. The number of hydrogen-bond acceptors (Lipinski definition) is 2. The third-order valence-corrected chi connectivity index (χ3v) is 3.55. The Morgan fingerprint density at radius 2 is 2.11 bits per heavy atom. The molecule has 0 bridgehead atoms. The fourth-order valence-electron chi connectivity index (χ4n) is 2.69. The van der Waals surface area contributed by atoms with Crippen molar-refractivity contribution in [3.63, 3.8) is 0 Å². The number of carboxylic acid groups (broad SMARTS) is 1. The molecule has 19 heavy (non-hydrogen) atoms. The van der Waals surface area contributed by atoms with Crippen molar-refractivity contribution >= 4 is 11.5 Å². The van der Waals surface area contributed by atoms with Crippen molar-refractivity contribution in [2.24, 2.45) is 5.92 Å². The van der Waals surface area contributed by atoms with Gasteiger partial charge in [0.15, 0.2) is 0 Å². The number of rotatable bonds is 4. The highest BCUT2D eigenvalue weighted by atomic mass is 19.1. The molecule has 102 valence electrons. The van der Waals surface area contributed by atoms with Crippen molar-refractivity contribution in [3.05, 3.63) is 35.7 Å². The highest BCUT2D eigenvalue weighted by Gasteiger charge is 2.24. The molecule has 0 unspecified atom stereocenters. The van der Waals surface area contributed by atoms with Crippen molar-refractivity contribution in [2.75, 3.05) is 7.11 Å². The summed E-state index contributed by atoms with van der Waals surface area (Å²) in [5.74, 6) is -0.703. The molecule has 0 aliphatic heterocycles. The van der Waals surface area contributed by atoms with Crippen LogP contribution in [0.1, 0.15) is 31.2 Å². The Morgan fingerprint density at radius 3 is 2.68 bits per heavy atom. The van der Waals surface area contributed by atoms with Gasteiger partial charge >= 0.3 is 5.97 Å². The van der Waals surface area contributed by atoms with E-state index in [1.165, 1.54) is 31.4 Å². The van der Waals surface area contributed by atoms with E-state index in [-0.39, 0.29) is 11.7 Å². The van der Waals surface area contributed by atoms with Crippen LogP contribution in [0.15, 0.2) is 24.3 Å². The molecule has 0 saturated heterocycles. The highest BCUT2D eigenvalue weighted by molar-refractivity contribution is 5.91. The topological polar surface area (TPSA) is 46.5 Å². The van der Waals surface area contributed by atoms with Crippen LogP contribution in [0.2, 0.25) is 0 Å². The molecule has 0 heterocycles. The maximum atomic E-state index is 13.4. The van der Waals surface area contributed by atoms with Gasteiger partial charge in [-0.3, -0.25) is 0 Å². The third-order valence-electron chi connectivity index (χ3n) is 3.55. The van der Waals surface area contributed by atoms with Gasteiger partial charge in [0.25, 0.3) is 0 Å². The van der Waals surface area contributed by atoms with Crippen molar-refractivity contribution in [3.8, 4) is 5.75 Å². The summed E-state index contributed by atoms with van der Waals surface area (Å²) in [4.78, 5) is 11.0. The van der Waals surface area contributed by atoms with E-state index in [0.29, 0.717) is 16.9 Å². The van der Waals surface area contributed by atoms with Gasteiger partial charge in [-0.05, 0) is 42.5 Å². The lowest BCUT2D eigenvalue weighted by Gasteiger charge is -2.17. The predicted molar refractivity (Wildman–Crippen MR) is 70.5 cm³/mol. The predicted octanol–water partition coefficient (Wildman–Crippen LogP) is 3.49. The second-order valence-electron chi connectivity index (χ2n) is 4.76. The van der Waals surface area contributed by atoms with Gasteiger partial charge < -0.3 is 9.84 Å². The monoisotopic (exact) mass is 264 g/mol. The van der Waals surface area contributed by atoms with Crippen molar-refractivity contribution in [1.82, 2.24) is 0 Å². The number of allylic oxidation sites excluding steroid dienone is 1. The Bertz CT molecular complexity index is 502. The molecule has 2 rings (SSSR count). The molecule has 0 atom stereocenters. The first-order valence-corrected chi connectivity index (χ1v) is 6.40. The van der Waals surface area contributed by atoms with Crippen LogP contribution >= 0.6 is 0 Å². The number of carboxylic acids is 1. The Kier molecular flexibility index (Phi) is 4.20. The van der Waals surface area contributed by atoms with Gasteiger partial charge in [-0.2, -0.15) is 0 Å². The Balaban J connectivity index is 2.48. The molecule has 0 amide bonds. The van der Waals surface area contributed by atoms with Crippen LogP contribution in [0.5, 0.6) is 5.75 Å². The minimum absolute atomic E-state index is 0.173. The molecule has 4 heteroatoms. The minimum atomic E-state index is -1.01. The molecular weight excluding hydrogens is 247 g/mol. The summed E-state index contributed by atoms with van der Waals surface area (Å²) in [5, 5.41) is 9.03. The lowest BCUT2D eigenvalue weighted by Crippen LogP contribution is -2.04. The van der Waals surface area contributed by atoms with E-state index < -0.39 is 5.97 Å². The van der Waals surface area contributed by atoms with E-state index in [1.807, 2.05) is 0 Å². The van der Waals surface area contributed by atoms with E-state index in [4.69, 9.17) is 9.84 Å². The zero-order chi connectivity index (χ0) is 13.8. The average molecular weight is 264 g/mol. The number of halogens is 1. The summed E-state index contributed by atoms with van der Waals surface area (Å²) >= 11 is 0. The van der Waals surface area contributed by atoms with Gasteiger partial charge in [0, 0.05) is 11.6 Å². The van der Waals surface area contributed by atoms with E-state index in [1.54, 1.807) is 0 Å². The lowest BCUT2D eigenvalue weighted by molar-refractivity contribution is -0.131. The van der Waals surface area contributed by atoms with Crippen LogP contribution in [0, 0.1) is 11.7 Å². The second kappa shape index (κ2) is 5.87. The number of aliphatic carboxylic acids is 1. The molecule has 1 aliphatic rings. The maximum Gasteiger partial charge on any atom is 0.328 e. The molecule has 1 aromatic rings. The van der Waals surface area contributed by atoms with Gasteiger partial charge in [0.05, 0.1) is 7.11 Å². The molecule has 0 aromatic heterocycles. The zero-order valence-electron chi connectivity index (χ0n) is 10.9. The fourth-order valence-corrected chi connectivity index (χ4v) is 2.69. The number of methoxy groups -OCH3 is 1. The van der Waals surface area contributed by atoms with Gasteiger partial charge in [-0.25, -0.2) is 9.18 Å². The van der Waals surface area contributed by atoms with Crippen molar-refractivity contribution in [1.29, 1.82) is 0 Å². The molecule has 1 fully saturated rings. The number of carbonyl (C=O) groups is 1. The van der Waals surface area contributed by atoms with Crippen LogP contribution in [-0.2, 0) is 4.79 Å². The van der Waals surface area contributed by atoms with Crippen LogP contribution < -0.4 is 4.74 Å². The first-order chi connectivity index (χ1) is 9.11. The summed E-state index contributed by atoms with van der Waals surface area (Å²) in [6, 6.07) is 4.20. The summed E-state index contributed by atoms with van der Waals surface area (Å²) in [7, 11) is 1.50. The van der Waals surface area contributed by atoms with Crippen LogP contribution in [-0.4, -0.2) is 18.2 Å². The van der Waals surface area contributed by atoms with Gasteiger partial charge in [-0.1, -0.05) is 12.8 Å². The van der Waals surface area contributed by atoms with Crippen LogP contribution in [0.3, 0.4) is 0 Å². The third kappa shape index (κ3) is 3.13. The summed E-state index contributed by atoms with van der Waals surface area (Å²) < 4.78 is 18.7. The summed E-state index contributed by atoms with van der Waals surface area (Å²) in [5.41, 5.74) is 1.22. The molecular formula is C15H17FO3. The number of benzene rings is 1. The minimum Gasteiger partial charge on any atom is -0.496 e. The largest absolute Gasteiger partial charge is 0.496 e. The van der Waals surface area contributed by atoms with Crippen molar-refractivity contribution < 1.29 is 19.0 Å². The molecule has 0 spiro atoms. The molecule has 1 N–H and O–H groups in total. The van der Waals surface area contributed by atoms with Crippen molar-refractivity contribution in [2.45, 2.75) is 25.7 Å². The van der Waals surface area contributed by atoms with Crippen LogP contribution in [0.4, 0.5) is 4.39 Å². The molecule has 0 radical (unpaired) electrons. The quantitative estimate of drug-likeness (QED) is 0.847. The second-order valence-corrected chi connectivity index (χ2v) is 4.76. The van der Waals surface area contributed by atoms with E-state index in [2.05, 4.69) is 0 Å². The summed E-state index contributed by atoms with van der Waals surface area (Å²) in [6.45, 7) is 0. The van der Waals surface area contributed by atoms with Crippen LogP contribution in [0.25, 0.3) is 5.57 Å². The normalized spacial score (nSPS) is 16.6. The first kappa shape index (κ1) is 13.6. The standard InChI is InChI=1S/C15H17FO3/c1-19-14-7-6-11(16)8-13(14)12(9-15(17)18)10-4-2-3-5-10/h6-10H,2-5H2,1H3,(H,17,18)/b12-9+. The number of ether oxygens (including phenoxy) is 1. The molecule has 1 aromatic carbocycles. The smallest absolute Gasteiger partial charge is 0.328 e. The maximum absolute atomic E-state index is 13.4. The zero-order valence-corrected chi connectivity index (χ0v) is 10.9. The summed E-state index contributed by atoms with van der Waals surface area (Å²) in [6.07, 6.45) is 5.24. The molecule has 3 nitrogen and oxygen atoms in total. The lowest BCUT2D eigenvalue weighted by atomic mass is 9.90. The Hall–Kier alpha value is -1.84. The first-order valence-electron chi connectivity index (χ1n) is 6.40. The van der Waals surface area contributed by atoms with Gasteiger partial charge in [-0.15, -0.1) is 0 Å². The Labute approximate surface area is 111 Å². The SMILES string of the molecule is COc1ccc(F)cc1/C(=C/C(=O)O)C1CCCC1. The van der Waals surface area contributed by atoms with Gasteiger partial charge in [0.1, 0.15) is 11.6 Å².